The second kappa shape index (κ2) is 6.52. The fourth-order valence-corrected chi connectivity index (χ4v) is 6.82. The predicted octanol–water partition coefficient (Wildman–Crippen LogP) is 1.66. The number of fused-ring (bicyclic) bond motifs is 6. The Balaban J connectivity index is 1.71. The molecular formula is C22H30N2O4. The molecule has 3 aliphatic heterocycles. The van der Waals surface area contributed by atoms with E-state index in [2.05, 4.69) is 17.4 Å². The van der Waals surface area contributed by atoms with E-state index in [0.717, 1.165) is 25.1 Å². The molecule has 1 aromatic rings. The average Bonchev–Trinajstić information content (AvgIpc) is 2.98. The number of benzene rings is 1. The van der Waals surface area contributed by atoms with Crippen LogP contribution >= 0.6 is 0 Å². The van der Waals surface area contributed by atoms with Gasteiger partial charge in [-0.2, -0.15) is 0 Å². The maximum Gasteiger partial charge on any atom is 0.224 e. The summed E-state index contributed by atoms with van der Waals surface area (Å²) in [6.07, 6.45) is 0.828. The Hall–Kier alpha value is -1.47. The summed E-state index contributed by atoms with van der Waals surface area (Å²) in [5.74, 6) is 0.542. The second-order valence-electron chi connectivity index (χ2n) is 8.94. The number of rotatable bonds is 3. The highest BCUT2D eigenvalue weighted by Crippen LogP contribution is 2.62. The molecule has 6 nitrogen and oxygen atoms in total. The lowest BCUT2D eigenvalue weighted by Crippen LogP contribution is -2.70. The highest BCUT2D eigenvalue weighted by molar-refractivity contribution is 5.96. The minimum atomic E-state index is -0.812. The van der Waals surface area contributed by atoms with E-state index in [9.17, 15) is 9.90 Å². The number of para-hydroxylation sites is 1. The van der Waals surface area contributed by atoms with Gasteiger partial charge in [-0.05, 0) is 50.9 Å². The molecule has 0 aromatic heterocycles. The number of hydrogen-bond acceptors (Lipinski definition) is 5. The number of aliphatic hydroxyl groups is 1. The van der Waals surface area contributed by atoms with Crippen LogP contribution in [0.4, 0.5) is 5.69 Å². The van der Waals surface area contributed by atoms with Gasteiger partial charge in [-0.1, -0.05) is 18.2 Å². The molecule has 4 aliphatic rings. The number of nitrogens with zero attached hydrogens (tertiary/aromatic N) is 1. The maximum absolute atomic E-state index is 12.9. The van der Waals surface area contributed by atoms with Crippen molar-refractivity contribution in [2.45, 2.75) is 56.6 Å². The van der Waals surface area contributed by atoms with E-state index in [1.165, 1.54) is 5.56 Å². The fraction of sp³-hybridized carbons (Fsp3) is 0.682. The number of ether oxygens (including phenoxy) is 2. The molecule has 6 heteroatoms. The molecule has 28 heavy (non-hydrogen) atoms. The summed E-state index contributed by atoms with van der Waals surface area (Å²) in [6.45, 7) is 5.15. The Kier molecular flexibility index (Phi) is 4.32. The van der Waals surface area contributed by atoms with Gasteiger partial charge in [-0.3, -0.25) is 4.79 Å². The van der Waals surface area contributed by atoms with Crippen molar-refractivity contribution in [1.82, 2.24) is 5.32 Å². The second-order valence-corrected chi connectivity index (χ2v) is 8.94. The minimum Gasteiger partial charge on any atom is -0.378 e. The minimum absolute atomic E-state index is 0.00185. The van der Waals surface area contributed by atoms with Gasteiger partial charge in [0.1, 0.15) is 0 Å². The van der Waals surface area contributed by atoms with Gasteiger partial charge in [0.05, 0.1) is 24.9 Å². The molecular weight excluding hydrogens is 356 g/mol. The number of carbonyl (C=O) groups is 1. The van der Waals surface area contributed by atoms with Gasteiger partial charge >= 0.3 is 0 Å². The lowest BCUT2D eigenvalue weighted by Gasteiger charge is -2.61. The molecule has 1 saturated carbocycles. The number of amides is 1. The van der Waals surface area contributed by atoms with Gasteiger partial charge in [0, 0.05) is 29.9 Å². The van der Waals surface area contributed by atoms with Crippen LogP contribution in [0, 0.1) is 17.8 Å². The first kappa shape index (κ1) is 18.6. The predicted molar refractivity (Wildman–Crippen MR) is 105 cm³/mol. The summed E-state index contributed by atoms with van der Waals surface area (Å²) in [6, 6.07) is 8.26. The molecule has 3 fully saturated rings. The quantitative estimate of drug-likeness (QED) is 0.827. The first-order chi connectivity index (χ1) is 13.5. The third-order valence-corrected chi connectivity index (χ3v) is 7.84. The summed E-state index contributed by atoms with van der Waals surface area (Å²) in [4.78, 5) is 14.9. The smallest absolute Gasteiger partial charge is 0.224 e. The summed E-state index contributed by atoms with van der Waals surface area (Å²) >= 11 is 0. The van der Waals surface area contributed by atoms with Gasteiger partial charge in [-0.25, -0.2) is 0 Å². The Bertz CT molecular complexity index is 786. The van der Waals surface area contributed by atoms with Crippen LogP contribution in [0.3, 0.4) is 0 Å². The highest BCUT2D eigenvalue weighted by atomic mass is 16.6. The Morgan fingerprint density at radius 2 is 2.14 bits per heavy atom. The molecule has 0 spiro atoms. The molecule has 2 bridgehead atoms. The van der Waals surface area contributed by atoms with E-state index in [1.807, 2.05) is 31.0 Å². The number of carbonyl (C=O) groups excluding carboxylic acids is 1. The van der Waals surface area contributed by atoms with Crippen LogP contribution in [0.15, 0.2) is 24.3 Å². The van der Waals surface area contributed by atoms with E-state index >= 15 is 0 Å². The number of aliphatic hydroxyl groups excluding tert-OH is 1. The van der Waals surface area contributed by atoms with Crippen LogP contribution in [-0.2, 0) is 19.7 Å². The van der Waals surface area contributed by atoms with Gasteiger partial charge in [0.25, 0.3) is 0 Å². The van der Waals surface area contributed by atoms with E-state index in [0.29, 0.717) is 12.5 Å². The summed E-state index contributed by atoms with van der Waals surface area (Å²) < 4.78 is 12.5. The molecule has 1 amide bonds. The molecule has 2 N–H and O–H groups in total. The molecule has 2 saturated heterocycles. The SMILES string of the molecule is CNCC[C@]12c3ccccc3N(C(C)=O)[C@H]1[C@@H]1COC(C)C3[C@@H](O)OC2C[C@@H]31. The molecule has 3 unspecified atom stereocenters. The van der Waals surface area contributed by atoms with Crippen molar-refractivity contribution in [3.8, 4) is 0 Å². The lowest BCUT2D eigenvalue weighted by molar-refractivity contribution is -0.296. The number of anilines is 1. The van der Waals surface area contributed by atoms with Crippen molar-refractivity contribution >= 4 is 11.6 Å². The van der Waals surface area contributed by atoms with Crippen LogP contribution in [0.1, 0.15) is 32.3 Å². The average molecular weight is 386 g/mol. The molecule has 5 rings (SSSR count). The van der Waals surface area contributed by atoms with Crippen LogP contribution in [0.2, 0.25) is 0 Å². The Morgan fingerprint density at radius 1 is 1.36 bits per heavy atom. The number of hydrogen-bond donors (Lipinski definition) is 2. The van der Waals surface area contributed by atoms with E-state index in [4.69, 9.17) is 9.47 Å². The van der Waals surface area contributed by atoms with E-state index in [-0.39, 0.29) is 41.4 Å². The maximum atomic E-state index is 12.9. The van der Waals surface area contributed by atoms with Crippen molar-refractivity contribution < 1.29 is 19.4 Å². The van der Waals surface area contributed by atoms with Crippen LogP contribution in [0.5, 0.6) is 0 Å². The van der Waals surface area contributed by atoms with Crippen LogP contribution < -0.4 is 10.2 Å². The van der Waals surface area contributed by atoms with E-state index < -0.39 is 6.29 Å². The molecule has 1 aromatic carbocycles. The molecule has 8 atom stereocenters. The van der Waals surface area contributed by atoms with Gasteiger partial charge in [0.2, 0.25) is 5.91 Å². The summed E-state index contributed by atoms with van der Waals surface area (Å²) in [5, 5.41) is 14.2. The molecule has 3 heterocycles. The van der Waals surface area contributed by atoms with Crippen LogP contribution in [0.25, 0.3) is 0 Å². The molecule has 152 valence electrons. The fourth-order valence-electron chi connectivity index (χ4n) is 6.82. The monoisotopic (exact) mass is 386 g/mol. The van der Waals surface area contributed by atoms with Gasteiger partial charge < -0.3 is 24.8 Å². The normalized spacial score (nSPS) is 43.4. The Morgan fingerprint density at radius 3 is 2.89 bits per heavy atom. The van der Waals surface area contributed by atoms with Crippen molar-refractivity contribution in [2.75, 3.05) is 25.1 Å². The Labute approximate surface area is 166 Å². The van der Waals surface area contributed by atoms with Crippen molar-refractivity contribution in [3.05, 3.63) is 29.8 Å². The van der Waals surface area contributed by atoms with Gasteiger partial charge in [0.15, 0.2) is 6.29 Å². The highest BCUT2D eigenvalue weighted by Gasteiger charge is 2.67. The lowest BCUT2D eigenvalue weighted by atomic mass is 9.53. The topological polar surface area (TPSA) is 71.0 Å². The zero-order valence-corrected chi connectivity index (χ0v) is 16.8. The van der Waals surface area contributed by atoms with Crippen molar-refractivity contribution in [2.24, 2.45) is 17.8 Å². The van der Waals surface area contributed by atoms with Crippen LogP contribution in [-0.4, -0.2) is 55.8 Å². The first-order valence-electron chi connectivity index (χ1n) is 10.5. The first-order valence-corrected chi connectivity index (χ1v) is 10.5. The third-order valence-electron chi connectivity index (χ3n) is 7.84. The van der Waals surface area contributed by atoms with Crippen molar-refractivity contribution in [3.63, 3.8) is 0 Å². The standard InChI is InChI=1S/C22H30N2O4/c1-12-19-14-10-18(28-21(19)26)22(8-9-23-3)16-6-4-5-7-17(16)24(13(2)25)20(22)15(14)11-27-12/h4-7,12,14-15,18-21,23,26H,8-11H2,1-3H3/t12?,14-,15-,18?,19?,20+,21+,22-/m1/s1. The zero-order chi connectivity index (χ0) is 19.6. The molecule has 0 radical (unpaired) electrons. The van der Waals surface area contributed by atoms with Crippen molar-refractivity contribution in [1.29, 1.82) is 0 Å². The third kappa shape index (κ3) is 2.26. The zero-order valence-electron chi connectivity index (χ0n) is 16.8. The molecule has 1 aliphatic carbocycles. The summed E-state index contributed by atoms with van der Waals surface area (Å²) in [5.41, 5.74) is 1.84. The number of nitrogens with one attached hydrogen (secondary N) is 1. The largest absolute Gasteiger partial charge is 0.378 e. The van der Waals surface area contributed by atoms with Gasteiger partial charge in [-0.15, -0.1) is 0 Å². The summed E-state index contributed by atoms with van der Waals surface area (Å²) in [7, 11) is 1.96. The van der Waals surface area contributed by atoms with E-state index in [1.54, 1.807) is 6.92 Å².